The summed E-state index contributed by atoms with van der Waals surface area (Å²) in [6.07, 6.45) is 4.31. The predicted octanol–water partition coefficient (Wildman–Crippen LogP) is 4.95. The molecule has 1 aromatic heterocycles. The fourth-order valence-corrected chi connectivity index (χ4v) is 4.46. The maximum Gasteiger partial charge on any atom is 0.336 e. The minimum Gasteiger partial charge on any atom is -0.508 e. The zero-order valence-electron chi connectivity index (χ0n) is 23.0. The summed E-state index contributed by atoms with van der Waals surface area (Å²) >= 11 is 5.96. The molecule has 0 saturated carbocycles. The van der Waals surface area contributed by atoms with Gasteiger partial charge in [0.15, 0.2) is 0 Å². The number of carboxylic acid groups (broad SMARTS) is 1. The molecule has 4 N–H and O–H groups in total. The number of hydrogen-bond donors (Lipinski definition) is 4. The number of carbonyl (C=O) groups excluding carboxylic acids is 1. The molecule has 0 spiro atoms. The van der Waals surface area contributed by atoms with E-state index in [2.05, 4.69) is 20.5 Å². The third-order valence-corrected chi connectivity index (χ3v) is 6.77. The van der Waals surface area contributed by atoms with Gasteiger partial charge in [0.05, 0.1) is 11.1 Å². The molecule has 0 radical (unpaired) electrons. The lowest BCUT2D eigenvalue weighted by atomic mass is 10.0. The van der Waals surface area contributed by atoms with Crippen molar-refractivity contribution >= 4 is 46.5 Å². The number of fused-ring (bicyclic) bond motifs is 1. The van der Waals surface area contributed by atoms with E-state index < -0.39 is 11.9 Å². The number of rotatable bonds is 12. The molecule has 0 fully saturated rings. The number of pyridine rings is 1. The lowest BCUT2D eigenvalue weighted by molar-refractivity contribution is 0.0699. The molecule has 1 heterocycles. The van der Waals surface area contributed by atoms with E-state index in [9.17, 15) is 19.8 Å². The number of aromatic hydroxyl groups is 1. The van der Waals surface area contributed by atoms with Crippen LogP contribution in [-0.2, 0) is 6.42 Å². The van der Waals surface area contributed by atoms with Crippen molar-refractivity contribution in [3.8, 4) is 5.75 Å². The van der Waals surface area contributed by atoms with Crippen molar-refractivity contribution in [3.05, 3.63) is 106 Å². The number of phenolic OH excluding ortho intramolecular Hbond substituents is 1. The second-order valence-electron chi connectivity index (χ2n) is 10.1. The van der Waals surface area contributed by atoms with Crippen LogP contribution in [-0.4, -0.2) is 71.7 Å². The van der Waals surface area contributed by atoms with E-state index in [-0.39, 0.29) is 23.0 Å². The van der Waals surface area contributed by atoms with Gasteiger partial charge in [0.1, 0.15) is 11.4 Å². The van der Waals surface area contributed by atoms with Gasteiger partial charge < -0.3 is 25.7 Å². The standard InChI is InChI=1S/C32H33ClN4O4/c1-37(2)16-15-34-20-25(17-22-7-12-26(38)13-8-22)35-31(39)30-19-28(32(40)41)27-18-23(9-14-29(27)36-30)4-3-21-5-10-24(33)11-6-21/h3-14,18-19,25,34,38H,15-17,20H2,1-2H3,(H,35,39)(H,40,41)/b4-3+/t25-/m0/s1. The maximum atomic E-state index is 13.3. The fraction of sp³-hybridized carbons (Fsp3) is 0.219. The van der Waals surface area contributed by atoms with E-state index in [4.69, 9.17) is 11.6 Å². The van der Waals surface area contributed by atoms with E-state index in [1.165, 1.54) is 6.07 Å². The lowest BCUT2D eigenvalue weighted by Gasteiger charge is -2.20. The van der Waals surface area contributed by atoms with Crippen LogP contribution in [0.15, 0.2) is 72.8 Å². The number of carboxylic acids is 1. The summed E-state index contributed by atoms with van der Waals surface area (Å²) in [5, 5.41) is 27.1. The predicted molar refractivity (Wildman–Crippen MR) is 164 cm³/mol. The van der Waals surface area contributed by atoms with Gasteiger partial charge in [0.25, 0.3) is 5.91 Å². The summed E-state index contributed by atoms with van der Waals surface area (Å²) in [7, 11) is 3.98. The molecule has 0 aliphatic carbocycles. The van der Waals surface area contributed by atoms with Gasteiger partial charge in [0.2, 0.25) is 0 Å². The molecule has 3 aromatic carbocycles. The number of amides is 1. The van der Waals surface area contributed by atoms with Crippen LogP contribution in [0.1, 0.15) is 37.5 Å². The molecule has 4 rings (SSSR count). The van der Waals surface area contributed by atoms with E-state index >= 15 is 0 Å². The van der Waals surface area contributed by atoms with Crippen LogP contribution in [0.3, 0.4) is 0 Å². The molecule has 0 unspecified atom stereocenters. The Kier molecular flexibility index (Phi) is 10.1. The molecule has 41 heavy (non-hydrogen) atoms. The van der Waals surface area contributed by atoms with Gasteiger partial charge in [-0.2, -0.15) is 0 Å². The average molecular weight is 573 g/mol. The number of benzene rings is 3. The van der Waals surface area contributed by atoms with Gasteiger partial charge >= 0.3 is 5.97 Å². The number of aromatic carboxylic acids is 1. The summed E-state index contributed by atoms with van der Waals surface area (Å²) in [6, 6.07) is 20.6. The second kappa shape index (κ2) is 13.9. The van der Waals surface area contributed by atoms with E-state index in [1.807, 2.05) is 56.6 Å². The van der Waals surface area contributed by atoms with Gasteiger partial charge in [0, 0.05) is 36.1 Å². The summed E-state index contributed by atoms with van der Waals surface area (Å²) in [4.78, 5) is 32.1. The summed E-state index contributed by atoms with van der Waals surface area (Å²) in [6.45, 7) is 2.08. The fourth-order valence-electron chi connectivity index (χ4n) is 4.34. The molecule has 0 aliphatic rings. The number of halogens is 1. The number of nitrogens with zero attached hydrogens (tertiary/aromatic N) is 2. The number of aromatic nitrogens is 1. The molecule has 4 aromatic rings. The van der Waals surface area contributed by atoms with Gasteiger partial charge in [-0.15, -0.1) is 0 Å². The van der Waals surface area contributed by atoms with E-state index in [0.717, 1.165) is 29.8 Å². The Bertz CT molecular complexity index is 1540. The Balaban J connectivity index is 1.56. The molecular formula is C32H33ClN4O4. The minimum absolute atomic E-state index is 0.00101. The van der Waals surface area contributed by atoms with Crippen molar-refractivity contribution in [1.29, 1.82) is 0 Å². The van der Waals surface area contributed by atoms with Crippen LogP contribution >= 0.6 is 11.6 Å². The van der Waals surface area contributed by atoms with Crippen LogP contribution < -0.4 is 10.6 Å². The zero-order chi connectivity index (χ0) is 29.4. The first-order chi connectivity index (χ1) is 19.7. The highest BCUT2D eigenvalue weighted by Crippen LogP contribution is 2.22. The molecule has 0 bridgehead atoms. The highest BCUT2D eigenvalue weighted by molar-refractivity contribution is 6.30. The average Bonchev–Trinajstić information content (AvgIpc) is 2.95. The monoisotopic (exact) mass is 572 g/mol. The third kappa shape index (κ3) is 8.62. The summed E-state index contributed by atoms with van der Waals surface area (Å²) < 4.78 is 0. The molecule has 212 valence electrons. The zero-order valence-corrected chi connectivity index (χ0v) is 23.7. The first kappa shape index (κ1) is 29.7. The van der Waals surface area contributed by atoms with Crippen molar-refractivity contribution < 1.29 is 19.8 Å². The first-order valence-electron chi connectivity index (χ1n) is 13.2. The van der Waals surface area contributed by atoms with E-state index in [1.54, 1.807) is 36.4 Å². The van der Waals surface area contributed by atoms with Crippen LogP contribution in [0.4, 0.5) is 0 Å². The summed E-state index contributed by atoms with van der Waals surface area (Å²) in [5.74, 6) is -1.43. The van der Waals surface area contributed by atoms with Crippen molar-refractivity contribution in [3.63, 3.8) is 0 Å². The Morgan fingerprint density at radius 3 is 2.34 bits per heavy atom. The minimum atomic E-state index is -1.14. The van der Waals surface area contributed by atoms with E-state index in [0.29, 0.717) is 28.9 Å². The van der Waals surface area contributed by atoms with Crippen LogP contribution in [0.2, 0.25) is 5.02 Å². The molecule has 0 saturated heterocycles. The Labute approximate surface area is 244 Å². The molecule has 1 amide bonds. The SMILES string of the molecule is CN(C)CCNC[C@H](Cc1ccc(O)cc1)NC(=O)c1cc(C(=O)O)c2cc(/C=C/c3ccc(Cl)cc3)ccc2n1. The normalized spacial score (nSPS) is 12.2. The summed E-state index contributed by atoms with van der Waals surface area (Å²) in [5.41, 5.74) is 3.14. The van der Waals surface area contributed by atoms with Gasteiger partial charge in [-0.25, -0.2) is 9.78 Å². The number of likely N-dealkylation sites (N-methyl/N-ethyl adjacent to an activating group) is 1. The largest absolute Gasteiger partial charge is 0.508 e. The number of carbonyl (C=O) groups is 2. The van der Waals surface area contributed by atoms with Gasteiger partial charge in [-0.3, -0.25) is 4.79 Å². The highest BCUT2D eigenvalue weighted by atomic mass is 35.5. The second-order valence-corrected chi connectivity index (χ2v) is 10.5. The van der Waals surface area contributed by atoms with Crippen molar-refractivity contribution in [2.45, 2.75) is 12.5 Å². The molecule has 1 atom stereocenters. The topological polar surface area (TPSA) is 115 Å². The first-order valence-corrected chi connectivity index (χ1v) is 13.6. The van der Waals surface area contributed by atoms with Gasteiger partial charge in [-0.1, -0.05) is 54.1 Å². The van der Waals surface area contributed by atoms with Crippen molar-refractivity contribution in [2.24, 2.45) is 0 Å². The Morgan fingerprint density at radius 2 is 1.66 bits per heavy atom. The maximum absolute atomic E-state index is 13.3. The third-order valence-electron chi connectivity index (χ3n) is 6.51. The van der Waals surface area contributed by atoms with Crippen LogP contribution in [0.5, 0.6) is 5.75 Å². The van der Waals surface area contributed by atoms with Crippen LogP contribution in [0.25, 0.3) is 23.1 Å². The van der Waals surface area contributed by atoms with Crippen molar-refractivity contribution in [1.82, 2.24) is 20.5 Å². The Hall–Kier alpha value is -4.24. The lowest BCUT2D eigenvalue weighted by Crippen LogP contribution is -2.44. The molecule has 9 heteroatoms. The number of phenols is 1. The Morgan fingerprint density at radius 1 is 0.976 bits per heavy atom. The quantitative estimate of drug-likeness (QED) is 0.140. The smallest absolute Gasteiger partial charge is 0.336 e. The van der Waals surface area contributed by atoms with Crippen molar-refractivity contribution in [2.75, 3.05) is 33.7 Å². The van der Waals surface area contributed by atoms with Crippen LogP contribution in [0, 0.1) is 0 Å². The number of hydrogen-bond acceptors (Lipinski definition) is 6. The van der Waals surface area contributed by atoms with Gasteiger partial charge in [-0.05, 0) is 79.7 Å². The highest BCUT2D eigenvalue weighted by Gasteiger charge is 2.20. The molecule has 0 aliphatic heterocycles. The molecular weight excluding hydrogens is 540 g/mol. The molecule has 8 nitrogen and oxygen atoms in total. The number of nitrogens with one attached hydrogen (secondary N) is 2.